The lowest BCUT2D eigenvalue weighted by molar-refractivity contribution is -0.120. The van der Waals surface area contributed by atoms with Crippen molar-refractivity contribution in [2.45, 2.75) is 26.2 Å². The lowest BCUT2D eigenvalue weighted by atomic mass is 10.3. The summed E-state index contributed by atoms with van der Waals surface area (Å²) in [5.74, 6) is 0.739. The Morgan fingerprint density at radius 3 is 2.72 bits per heavy atom. The fourth-order valence-corrected chi connectivity index (χ4v) is 1.45. The highest BCUT2D eigenvalue weighted by Crippen LogP contribution is 1.93. The quantitative estimate of drug-likeness (QED) is 0.294. The van der Waals surface area contributed by atoms with E-state index in [-0.39, 0.29) is 12.5 Å². The van der Waals surface area contributed by atoms with Crippen molar-refractivity contribution in [3.63, 3.8) is 0 Å². The standard InChI is InChI=1S/C13H26N4O/c1-5-7-8-10-17(4)13(14-3)16-11-12(18)15-9-6-2/h5H,1,6-11H2,2-4H3,(H,14,16)(H,15,18). The van der Waals surface area contributed by atoms with Gasteiger partial charge >= 0.3 is 0 Å². The van der Waals surface area contributed by atoms with Crippen LogP contribution in [0.2, 0.25) is 0 Å². The van der Waals surface area contributed by atoms with Gasteiger partial charge in [0.25, 0.3) is 0 Å². The SMILES string of the molecule is C=CCCCN(C)C(=NC)NCC(=O)NCCC. The van der Waals surface area contributed by atoms with Crippen molar-refractivity contribution in [1.82, 2.24) is 15.5 Å². The summed E-state index contributed by atoms with van der Waals surface area (Å²) in [4.78, 5) is 17.6. The number of hydrogen-bond donors (Lipinski definition) is 2. The van der Waals surface area contributed by atoms with Crippen LogP contribution in [0, 0.1) is 0 Å². The number of rotatable bonds is 8. The topological polar surface area (TPSA) is 56.7 Å². The first-order valence-corrected chi connectivity index (χ1v) is 6.45. The smallest absolute Gasteiger partial charge is 0.239 e. The van der Waals surface area contributed by atoms with E-state index in [2.05, 4.69) is 22.2 Å². The van der Waals surface area contributed by atoms with Crippen molar-refractivity contribution >= 4 is 11.9 Å². The third kappa shape index (κ3) is 7.70. The van der Waals surface area contributed by atoms with Crippen molar-refractivity contribution < 1.29 is 4.79 Å². The fraction of sp³-hybridized carbons (Fsp3) is 0.692. The van der Waals surface area contributed by atoms with E-state index in [1.807, 2.05) is 24.9 Å². The molecular weight excluding hydrogens is 228 g/mol. The van der Waals surface area contributed by atoms with Crippen LogP contribution < -0.4 is 10.6 Å². The molecule has 0 saturated heterocycles. The second-order valence-electron chi connectivity index (χ2n) is 4.10. The number of aliphatic imine (C=N–C) groups is 1. The van der Waals surface area contributed by atoms with Crippen molar-refractivity contribution in [2.24, 2.45) is 4.99 Å². The number of nitrogens with one attached hydrogen (secondary N) is 2. The molecule has 0 fully saturated rings. The Hall–Kier alpha value is -1.52. The maximum Gasteiger partial charge on any atom is 0.239 e. The third-order valence-corrected chi connectivity index (χ3v) is 2.45. The van der Waals surface area contributed by atoms with Crippen LogP contribution in [-0.4, -0.2) is 50.5 Å². The third-order valence-electron chi connectivity index (χ3n) is 2.45. The van der Waals surface area contributed by atoms with Gasteiger partial charge in [0.2, 0.25) is 5.91 Å². The molecule has 0 rings (SSSR count). The first-order valence-electron chi connectivity index (χ1n) is 6.45. The zero-order valence-electron chi connectivity index (χ0n) is 11.8. The number of guanidine groups is 1. The van der Waals surface area contributed by atoms with E-state index in [0.717, 1.165) is 31.8 Å². The largest absolute Gasteiger partial charge is 0.355 e. The van der Waals surface area contributed by atoms with E-state index >= 15 is 0 Å². The van der Waals surface area contributed by atoms with Crippen molar-refractivity contribution in [3.05, 3.63) is 12.7 Å². The highest BCUT2D eigenvalue weighted by Gasteiger charge is 2.06. The first-order chi connectivity index (χ1) is 8.65. The number of carbonyl (C=O) groups excluding carboxylic acids is 1. The van der Waals surface area contributed by atoms with E-state index in [0.29, 0.717) is 6.54 Å². The average Bonchev–Trinajstić information content (AvgIpc) is 2.37. The Morgan fingerprint density at radius 1 is 1.44 bits per heavy atom. The molecule has 5 heteroatoms. The highest BCUT2D eigenvalue weighted by atomic mass is 16.1. The van der Waals surface area contributed by atoms with Gasteiger partial charge in [0.05, 0.1) is 6.54 Å². The number of nitrogens with zero attached hydrogens (tertiary/aromatic N) is 2. The fourth-order valence-electron chi connectivity index (χ4n) is 1.45. The number of carbonyl (C=O) groups is 1. The van der Waals surface area contributed by atoms with Crippen LogP contribution in [0.4, 0.5) is 0 Å². The van der Waals surface area contributed by atoms with Gasteiger partial charge in [-0.1, -0.05) is 13.0 Å². The molecule has 0 aliphatic carbocycles. The molecule has 0 radical (unpaired) electrons. The Balaban J connectivity index is 3.95. The van der Waals surface area contributed by atoms with Crippen molar-refractivity contribution in [3.8, 4) is 0 Å². The van der Waals surface area contributed by atoms with E-state index < -0.39 is 0 Å². The molecule has 0 aromatic carbocycles. The normalized spacial score (nSPS) is 10.9. The summed E-state index contributed by atoms with van der Waals surface area (Å²) in [6, 6.07) is 0. The van der Waals surface area contributed by atoms with Gasteiger partial charge in [-0.15, -0.1) is 6.58 Å². The molecule has 0 aromatic heterocycles. The molecule has 0 saturated carbocycles. The molecule has 0 atom stereocenters. The number of amides is 1. The molecule has 0 heterocycles. The molecule has 0 unspecified atom stereocenters. The molecule has 0 aliphatic rings. The summed E-state index contributed by atoms with van der Waals surface area (Å²) in [7, 11) is 3.68. The summed E-state index contributed by atoms with van der Waals surface area (Å²) >= 11 is 0. The Bertz CT molecular complexity index is 276. The van der Waals surface area contributed by atoms with Gasteiger partial charge in [0.1, 0.15) is 0 Å². The lowest BCUT2D eigenvalue weighted by Gasteiger charge is -2.21. The van der Waals surface area contributed by atoms with Gasteiger partial charge in [0.15, 0.2) is 5.96 Å². The second-order valence-corrected chi connectivity index (χ2v) is 4.10. The van der Waals surface area contributed by atoms with Crippen LogP contribution in [0.15, 0.2) is 17.6 Å². The molecule has 1 amide bonds. The Morgan fingerprint density at radius 2 is 2.17 bits per heavy atom. The summed E-state index contributed by atoms with van der Waals surface area (Å²) in [5.41, 5.74) is 0. The lowest BCUT2D eigenvalue weighted by Crippen LogP contribution is -2.44. The van der Waals surface area contributed by atoms with Gasteiger partial charge in [0, 0.05) is 27.2 Å². The molecule has 18 heavy (non-hydrogen) atoms. The van der Waals surface area contributed by atoms with Crippen LogP contribution >= 0.6 is 0 Å². The van der Waals surface area contributed by atoms with Gasteiger partial charge in [-0.05, 0) is 19.3 Å². The number of hydrogen-bond acceptors (Lipinski definition) is 2. The maximum absolute atomic E-state index is 11.4. The van der Waals surface area contributed by atoms with E-state index in [4.69, 9.17) is 0 Å². The average molecular weight is 254 g/mol. The molecule has 0 spiro atoms. The van der Waals surface area contributed by atoms with Crippen LogP contribution in [0.5, 0.6) is 0 Å². The van der Waals surface area contributed by atoms with Crippen molar-refractivity contribution in [2.75, 3.05) is 33.7 Å². The molecule has 5 nitrogen and oxygen atoms in total. The molecule has 2 N–H and O–H groups in total. The zero-order chi connectivity index (χ0) is 13.8. The number of allylic oxidation sites excluding steroid dienone is 1. The number of unbranched alkanes of at least 4 members (excludes halogenated alkanes) is 1. The second kappa shape index (κ2) is 10.6. The summed E-state index contributed by atoms with van der Waals surface area (Å²) in [5, 5.41) is 5.86. The van der Waals surface area contributed by atoms with E-state index in [1.54, 1.807) is 7.05 Å². The summed E-state index contributed by atoms with van der Waals surface area (Å²) in [6.07, 6.45) is 4.87. The van der Waals surface area contributed by atoms with Crippen LogP contribution in [0.25, 0.3) is 0 Å². The molecule has 0 aromatic rings. The molecular formula is C13H26N4O. The van der Waals surface area contributed by atoms with E-state index in [1.165, 1.54) is 0 Å². The van der Waals surface area contributed by atoms with Crippen LogP contribution in [0.1, 0.15) is 26.2 Å². The van der Waals surface area contributed by atoms with Gasteiger partial charge < -0.3 is 15.5 Å². The minimum Gasteiger partial charge on any atom is -0.355 e. The zero-order valence-corrected chi connectivity index (χ0v) is 11.8. The summed E-state index contributed by atoms with van der Waals surface area (Å²) in [6.45, 7) is 7.59. The Labute approximate surface area is 110 Å². The minimum absolute atomic E-state index is 0.00232. The van der Waals surface area contributed by atoms with Crippen LogP contribution in [-0.2, 0) is 4.79 Å². The van der Waals surface area contributed by atoms with Crippen molar-refractivity contribution in [1.29, 1.82) is 0 Å². The van der Waals surface area contributed by atoms with Crippen LogP contribution in [0.3, 0.4) is 0 Å². The minimum atomic E-state index is -0.00232. The van der Waals surface area contributed by atoms with Gasteiger partial charge in [-0.3, -0.25) is 9.79 Å². The Kier molecular flexibility index (Phi) is 9.73. The molecule has 104 valence electrons. The van der Waals surface area contributed by atoms with E-state index in [9.17, 15) is 4.79 Å². The predicted octanol–water partition coefficient (Wildman–Crippen LogP) is 0.986. The summed E-state index contributed by atoms with van der Waals surface area (Å²) < 4.78 is 0. The predicted molar refractivity (Wildman–Crippen MR) is 76.7 cm³/mol. The molecule has 0 bridgehead atoms. The molecule has 0 aliphatic heterocycles. The van der Waals surface area contributed by atoms with Gasteiger partial charge in [-0.25, -0.2) is 0 Å². The highest BCUT2D eigenvalue weighted by molar-refractivity contribution is 5.86. The van der Waals surface area contributed by atoms with Gasteiger partial charge in [-0.2, -0.15) is 0 Å². The maximum atomic E-state index is 11.4. The first kappa shape index (κ1) is 16.5. The monoisotopic (exact) mass is 254 g/mol.